The molecular formula is C10H15NS3. The van der Waals surface area contributed by atoms with E-state index >= 15 is 0 Å². The number of hydrogen-bond donors (Lipinski definition) is 1. The molecule has 1 N–H and O–H groups in total. The third-order valence-electron chi connectivity index (χ3n) is 2.23. The van der Waals surface area contributed by atoms with E-state index in [1.165, 1.54) is 4.88 Å². The van der Waals surface area contributed by atoms with Gasteiger partial charge in [0, 0.05) is 16.8 Å². The highest BCUT2D eigenvalue weighted by atomic mass is 32.2. The van der Waals surface area contributed by atoms with Crippen molar-refractivity contribution in [3.8, 4) is 0 Å². The minimum atomic E-state index is 0.356. The van der Waals surface area contributed by atoms with Crippen molar-refractivity contribution in [2.75, 3.05) is 13.3 Å². The zero-order valence-electron chi connectivity index (χ0n) is 8.61. The number of hydrogen-bond acceptors (Lipinski definition) is 4. The molecular weight excluding hydrogens is 230 g/mol. The molecule has 0 fully saturated rings. The van der Waals surface area contributed by atoms with Gasteiger partial charge in [-0.15, -0.1) is 23.1 Å². The van der Waals surface area contributed by atoms with Crippen LogP contribution in [-0.4, -0.2) is 17.5 Å². The van der Waals surface area contributed by atoms with Crippen LogP contribution in [0.5, 0.6) is 0 Å². The number of thiophene rings is 1. The van der Waals surface area contributed by atoms with Crippen LogP contribution in [0.3, 0.4) is 0 Å². The van der Waals surface area contributed by atoms with Gasteiger partial charge in [0.2, 0.25) is 0 Å². The lowest BCUT2D eigenvalue weighted by Gasteiger charge is -2.22. The fourth-order valence-corrected chi connectivity index (χ4v) is 3.01. The van der Waals surface area contributed by atoms with Gasteiger partial charge in [0.15, 0.2) is 0 Å². The Morgan fingerprint density at radius 3 is 2.79 bits per heavy atom. The summed E-state index contributed by atoms with van der Waals surface area (Å²) in [6.07, 6.45) is 2.04. The lowest BCUT2D eigenvalue weighted by Crippen LogP contribution is -2.26. The highest BCUT2D eigenvalue weighted by Gasteiger charge is 2.21. The van der Waals surface area contributed by atoms with Crippen molar-refractivity contribution in [1.82, 2.24) is 5.32 Å². The molecule has 2 atom stereocenters. The van der Waals surface area contributed by atoms with E-state index < -0.39 is 0 Å². The van der Waals surface area contributed by atoms with Crippen LogP contribution in [0.15, 0.2) is 17.5 Å². The van der Waals surface area contributed by atoms with Gasteiger partial charge in [-0.3, -0.25) is 0 Å². The second kappa shape index (κ2) is 5.85. The van der Waals surface area contributed by atoms with Gasteiger partial charge in [0.1, 0.15) is 0 Å². The van der Waals surface area contributed by atoms with Crippen LogP contribution in [0.4, 0.5) is 0 Å². The van der Waals surface area contributed by atoms with Gasteiger partial charge in [-0.05, 0) is 24.7 Å². The number of thioether (sulfide) groups is 1. The summed E-state index contributed by atoms with van der Waals surface area (Å²) in [6.45, 7) is 2.18. The Kier molecular flexibility index (Phi) is 5.09. The van der Waals surface area contributed by atoms with Crippen LogP contribution in [0.1, 0.15) is 17.8 Å². The molecule has 0 aliphatic rings. The summed E-state index contributed by atoms with van der Waals surface area (Å²) in [5, 5.41) is 5.43. The van der Waals surface area contributed by atoms with Crippen molar-refractivity contribution in [3.63, 3.8) is 0 Å². The number of thiocarbonyl (C=S) groups is 1. The minimum absolute atomic E-state index is 0.356. The predicted molar refractivity (Wildman–Crippen MR) is 71.4 cm³/mol. The molecule has 14 heavy (non-hydrogen) atoms. The second-order valence-corrected chi connectivity index (χ2v) is 5.62. The first-order chi connectivity index (χ1) is 6.70. The Hall–Kier alpha value is 0.1000. The zero-order chi connectivity index (χ0) is 10.6. The molecule has 0 spiro atoms. The predicted octanol–water partition coefficient (Wildman–Crippen LogP) is 3.34. The molecule has 0 saturated carbocycles. The zero-order valence-corrected chi connectivity index (χ0v) is 11.1. The lowest BCUT2D eigenvalue weighted by atomic mass is 10.0. The van der Waals surface area contributed by atoms with Crippen LogP contribution >= 0.6 is 35.3 Å². The molecule has 0 aromatic carbocycles. The molecule has 1 rings (SSSR count). The van der Waals surface area contributed by atoms with E-state index in [9.17, 15) is 0 Å². The topological polar surface area (TPSA) is 12.0 Å². The monoisotopic (exact) mass is 245 g/mol. The summed E-state index contributed by atoms with van der Waals surface area (Å²) in [5.41, 5.74) is 0. The Morgan fingerprint density at radius 2 is 2.36 bits per heavy atom. The van der Waals surface area contributed by atoms with Gasteiger partial charge in [0.25, 0.3) is 0 Å². The summed E-state index contributed by atoms with van der Waals surface area (Å²) in [7, 11) is 1.99. The molecule has 1 aromatic rings. The van der Waals surface area contributed by atoms with Crippen LogP contribution in [-0.2, 0) is 0 Å². The summed E-state index contributed by atoms with van der Waals surface area (Å²) in [5.74, 6) is 0.392. The van der Waals surface area contributed by atoms with E-state index in [4.69, 9.17) is 12.2 Å². The van der Waals surface area contributed by atoms with Gasteiger partial charge < -0.3 is 5.32 Å². The average molecular weight is 245 g/mol. The Bertz CT molecular complexity index is 282. The fourth-order valence-electron chi connectivity index (χ4n) is 1.43. The highest BCUT2D eigenvalue weighted by molar-refractivity contribution is 8.22. The van der Waals surface area contributed by atoms with Gasteiger partial charge in [-0.25, -0.2) is 0 Å². The van der Waals surface area contributed by atoms with Gasteiger partial charge in [-0.1, -0.05) is 25.2 Å². The average Bonchev–Trinajstić information content (AvgIpc) is 2.71. The second-order valence-electron chi connectivity index (χ2n) is 3.09. The first-order valence-corrected chi connectivity index (χ1v) is 7.00. The molecule has 1 nitrogen and oxygen atoms in total. The summed E-state index contributed by atoms with van der Waals surface area (Å²) < 4.78 is 1.07. The molecule has 4 heteroatoms. The third kappa shape index (κ3) is 2.79. The van der Waals surface area contributed by atoms with Crippen molar-refractivity contribution >= 4 is 39.5 Å². The largest absolute Gasteiger partial charge is 0.312 e. The maximum atomic E-state index is 5.32. The molecule has 0 bridgehead atoms. The fraction of sp³-hybridized carbons (Fsp3) is 0.500. The van der Waals surface area contributed by atoms with Crippen molar-refractivity contribution in [1.29, 1.82) is 0 Å². The van der Waals surface area contributed by atoms with Crippen LogP contribution < -0.4 is 5.32 Å². The standard InChI is InChI=1S/C10H15NS3/c1-7(10(12)13-3)9(11-2)8-5-4-6-14-8/h4-7,9,11H,1-3H3/t7-,9+/m1/s1. The molecule has 1 aromatic heterocycles. The molecule has 0 amide bonds. The Balaban J connectivity index is 2.77. The van der Waals surface area contributed by atoms with Gasteiger partial charge >= 0.3 is 0 Å². The van der Waals surface area contributed by atoms with E-state index in [-0.39, 0.29) is 0 Å². The minimum Gasteiger partial charge on any atom is -0.312 e. The molecule has 0 saturated heterocycles. The van der Waals surface area contributed by atoms with Crippen LogP contribution in [0.2, 0.25) is 0 Å². The maximum absolute atomic E-state index is 5.32. The van der Waals surface area contributed by atoms with Crippen LogP contribution in [0, 0.1) is 5.92 Å². The van der Waals surface area contributed by atoms with E-state index in [0.29, 0.717) is 12.0 Å². The molecule has 0 aliphatic carbocycles. The highest BCUT2D eigenvalue weighted by Crippen LogP contribution is 2.29. The first kappa shape index (κ1) is 12.2. The molecule has 0 unspecified atom stereocenters. The molecule has 0 aliphatic heterocycles. The molecule has 78 valence electrons. The maximum Gasteiger partial charge on any atom is 0.0523 e. The van der Waals surface area contributed by atoms with E-state index in [2.05, 4.69) is 29.8 Å². The van der Waals surface area contributed by atoms with E-state index in [0.717, 1.165) is 4.20 Å². The molecule has 0 radical (unpaired) electrons. The normalized spacial score (nSPS) is 15.1. The SMILES string of the molecule is CN[C@H](c1cccs1)[C@@H](C)C(=S)SC. The Labute approximate surface area is 99.3 Å². The van der Waals surface area contributed by atoms with Gasteiger partial charge in [-0.2, -0.15) is 0 Å². The lowest BCUT2D eigenvalue weighted by molar-refractivity contribution is 0.521. The summed E-state index contributed by atoms with van der Waals surface area (Å²) in [4.78, 5) is 1.36. The number of nitrogens with one attached hydrogen (secondary N) is 1. The number of rotatable bonds is 4. The van der Waals surface area contributed by atoms with Crippen molar-refractivity contribution in [2.24, 2.45) is 5.92 Å². The summed E-state index contributed by atoms with van der Waals surface area (Å²) in [6, 6.07) is 4.60. The third-order valence-corrected chi connectivity index (χ3v) is 4.84. The van der Waals surface area contributed by atoms with Crippen molar-refractivity contribution in [2.45, 2.75) is 13.0 Å². The van der Waals surface area contributed by atoms with E-state index in [1.54, 1.807) is 23.1 Å². The van der Waals surface area contributed by atoms with Crippen LogP contribution in [0.25, 0.3) is 0 Å². The quantitative estimate of drug-likeness (QED) is 0.817. The van der Waals surface area contributed by atoms with Crippen molar-refractivity contribution < 1.29 is 0 Å². The van der Waals surface area contributed by atoms with E-state index in [1.807, 2.05) is 13.3 Å². The smallest absolute Gasteiger partial charge is 0.0523 e. The Morgan fingerprint density at radius 1 is 1.64 bits per heavy atom. The first-order valence-electron chi connectivity index (χ1n) is 4.49. The summed E-state index contributed by atoms with van der Waals surface area (Å²) >= 11 is 8.77. The van der Waals surface area contributed by atoms with Gasteiger partial charge in [0.05, 0.1) is 4.20 Å². The van der Waals surface area contributed by atoms with Crippen molar-refractivity contribution in [3.05, 3.63) is 22.4 Å². The molecule has 1 heterocycles.